The third-order valence-corrected chi connectivity index (χ3v) is 3.64. The molecule has 0 aliphatic rings. The molecule has 0 fully saturated rings. The third-order valence-electron chi connectivity index (χ3n) is 2.21. The second kappa shape index (κ2) is 4.66. The molecule has 0 aromatic carbocycles. The first-order chi connectivity index (χ1) is 6.99. The first kappa shape index (κ1) is 12.0. The SMILES string of the molecule is CCOC(=O)c1c(N)sc(C(C)C)c1C. The smallest absolute Gasteiger partial charge is 0.341 e. The fraction of sp³-hybridized carbons (Fsp3) is 0.545. The maximum atomic E-state index is 11.6. The first-order valence-electron chi connectivity index (χ1n) is 5.04. The van der Waals surface area contributed by atoms with Crippen LogP contribution >= 0.6 is 11.3 Å². The lowest BCUT2D eigenvalue weighted by Gasteiger charge is -2.04. The van der Waals surface area contributed by atoms with E-state index in [9.17, 15) is 4.79 Å². The molecular formula is C11H17NO2S. The number of esters is 1. The van der Waals surface area contributed by atoms with Gasteiger partial charge >= 0.3 is 5.97 Å². The maximum Gasteiger partial charge on any atom is 0.341 e. The number of rotatable bonds is 3. The van der Waals surface area contributed by atoms with E-state index in [-0.39, 0.29) is 5.97 Å². The zero-order chi connectivity index (χ0) is 11.6. The number of thiophene rings is 1. The van der Waals surface area contributed by atoms with Gasteiger partial charge in [-0.25, -0.2) is 4.79 Å². The third kappa shape index (κ3) is 2.31. The molecule has 1 aromatic rings. The zero-order valence-corrected chi connectivity index (χ0v) is 10.4. The number of carbonyl (C=O) groups excluding carboxylic acids is 1. The maximum absolute atomic E-state index is 11.6. The van der Waals surface area contributed by atoms with Gasteiger partial charge in [-0.05, 0) is 25.3 Å². The average Bonchev–Trinajstić information content (AvgIpc) is 2.42. The largest absolute Gasteiger partial charge is 0.462 e. The van der Waals surface area contributed by atoms with E-state index in [0.29, 0.717) is 23.1 Å². The Balaban J connectivity index is 3.13. The summed E-state index contributed by atoms with van der Waals surface area (Å²) < 4.78 is 4.97. The minimum Gasteiger partial charge on any atom is -0.462 e. The molecule has 0 spiro atoms. The molecule has 84 valence electrons. The van der Waals surface area contributed by atoms with Crippen LogP contribution in [0, 0.1) is 6.92 Å². The van der Waals surface area contributed by atoms with E-state index in [4.69, 9.17) is 10.5 Å². The molecule has 1 rings (SSSR count). The number of hydrogen-bond acceptors (Lipinski definition) is 4. The van der Waals surface area contributed by atoms with E-state index in [1.54, 1.807) is 6.92 Å². The average molecular weight is 227 g/mol. The molecular weight excluding hydrogens is 210 g/mol. The summed E-state index contributed by atoms with van der Waals surface area (Å²) in [4.78, 5) is 12.8. The lowest BCUT2D eigenvalue weighted by atomic mass is 10.1. The van der Waals surface area contributed by atoms with Crippen LogP contribution in [-0.4, -0.2) is 12.6 Å². The number of ether oxygens (including phenoxy) is 1. The van der Waals surface area contributed by atoms with E-state index in [2.05, 4.69) is 13.8 Å². The monoisotopic (exact) mass is 227 g/mol. The standard InChI is InChI=1S/C11H17NO2S/c1-5-14-11(13)8-7(4)9(6(2)3)15-10(8)12/h6H,5,12H2,1-4H3. The quantitative estimate of drug-likeness (QED) is 0.808. The Bertz CT molecular complexity index is 369. The molecule has 4 heteroatoms. The van der Waals surface area contributed by atoms with Crippen LogP contribution in [0.1, 0.15) is 47.5 Å². The Kier molecular flexibility index (Phi) is 3.74. The van der Waals surface area contributed by atoms with Crippen LogP contribution in [0.4, 0.5) is 5.00 Å². The van der Waals surface area contributed by atoms with Gasteiger partial charge in [0.25, 0.3) is 0 Å². The Morgan fingerprint density at radius 2 is 2.13 bits per heavy atom. The van der Waals surface area contributed by atoms with Crippen LogP contribution in [0.3, 0.4) is 0 Å². The topological polar surface area (TPSA) is 52.3 Å². The summed E-state index contributed by atoms with van der Waals surface area (Å²) >= 11 is 1.48. The van der Waals surface area contributed by atoms with E-state index in [1.165, 1.54) is 11.3 Å². The minimum absolute atomic E-state index is 0.310. The number of hydrogen-bond donors (Lipinski definition) is 1. The minimum atomic E-state index is -0.310. The molecule has 0 aliphatic heterocycles. The van der Waals surface area contributed by atoms with Crippen LogP contribution in [-0.2, 0) is 4.74 Å². The van der Waals surface area contributed by atoms with Gasteiger partial charge in [0.05, 0.1) is 12.2 Å². The van der Waals surface area contributed by atoms with Crippen molar-refractivity contribution < 1.29 is 9.53 Å². The predicted octanol–water partition coefficient (Wildman–Crippen LogP) is 2.94. The van der Waals surface area contributed by atoms with Gasteiger partial charge in [0.1, 0.15) is 5.00 Å². The van der Waals surface area contributed by atoms with E-state index in [1.807, 2.05) is 6.92 Å². The van der Waals surface area contributed by atoms with Crippen molar-refractivity contribution in [3.63, 3.8) is 0 Å². The highest BCUT2D eigenvalue weighted by molar-refractivity contribution is 7.16. The molecule has 0 atom stereocenters. The second-order valence-corrected chi connectivity index (χ2v) is 4.79. The van der Waals surface area contributed by atoms with Gasteiger partial charge in [-0.1, -0.05) is 13.8 Å². The first-order valence-corrected chi connectivity index (χ1v) is 5.86. The van der Waals surface area contributed by atoms with Crippen LogP contribution in [0.15, 0.2) is 0 Å². The molecule has 3 nitrogen and oxygen atoms in total. The van der Waals surface area contributed by atoms with Crippen LogP contribution in [0.5, 0.6) is 0 Å². The van der Waals surface area contributed by atoms with Crippen molar-refractivity contribution >= 4 is 22.3 Å². The summed E-state index contributed by atoms with van der Waals surface area (Å²) in [7, 11) is 0. The van der Waals surface area contributed by atoms with Crippen molar-refractivity contribution in [1.82, 2.24) is 0 Å². The normalized spacial score (nSPS) is 10.7. The molecule has 2 N–H and O–H groups in total. The summed E-state index contributed by atoms with van der Waals surface area (Å²) in [5, 5.41) is 0.564. The summed E-state index contributed by atoms with van der Waals surface area (Å²) in [5.74, 6) is 0.0797. The Labute approximate surface area is 94.2 Å². The van der Waals surface area contributed by atoms with Crippen LogP contribution < -0.4 is 5.73 Å². The van der Waals surface area contributed by atoms with Crippen molar-refractivity contribution in [2.45, 2.75) is 33.6 Å². The highest BCUT2D eigenvalue weighted by atomic mass is 32.1. The summed E-state index contributed by atoms with van der Waals surface area (Å²) in [6, 6.07) is 0. The molecule has 0 amide bonds. The van der Waals surface area contributed by atoms with Gasteiger partial charge in [0.15, 0.2) is 0 Å². The van der Waals surface area contributed by atoms with E-state index in [0.717, 1.165) is 10.4 Å². The molecule has 0 unspecified atom stereocenters. The predicted molar refractivity (Wildman–Crippen MR) is 63.5 cm³/mol. The summed E-state index contributed by atoms with van der Waals surface area (Å²) in [5.41, 5.74) is 7.34. The Morgan fingerprint density at radius 3 is 2.53 bits per heavy atom. The van der Waals surface area contributed by atoms with Gasteiger partial charge in [-0.3, -0.25) is 0 Å². The van der Waals surface area contributed by atoms with Crippen molar-refractivity contribution in [2.75, 3.05) is 12.3 Å². The van der Waals surface area contributed by atoms with Crippen molar-refractivity contribution in [3.05, 3.63) is 16.0 Å². The molecule has 1 heterocycles. The van der Waals surface area contributed by atoms with Gasteiger partial charge < -0.3 is 10.5 Å². The molecule has 0 bridgehead atoms. The van der Waals surface area contributed by atoms with Gasteiger partial charge in [0, 0.05) is 4.88 Å². The number of nitrogen functional groups attached to an aromatic ring is 1. The summed E-state index contributed by atoms with van der Waals surface area (Å²) in [6.45, 7) is 8.28. The fourth-order valence-corrected chi connectivity index (χ4v) is 2.63. The van der Waals surface area contributed by atoms with Crippen LogP contribution in [0.2, 0.25) is 0 Å². The second-order valence-electron chi connectivity index (χ2n) is 3.71. The van der Waals surface area contributed by atoms with Gasteiger partial charge in [0.2, 0.25) is 0 Å². The molecule has 0 saturated heterocycles. The van der Waals surface area contributed by atoms with Gasteiger partial charge in [-0.2, -0.15) is 0 Å². The zero-order valence-electron chi connectivity index (χ0n) is 9.59. The van der Waals surface area contributed by atoms with Crippen molar-refractivity contribution in [1.29, 1.82) is 0 Å². The van der Waals surface area contributed by atoms with E-state index >= 15 is 0 Å². The highest BCUT2D eigenvalue weighted by Crippen LogP contribution is 2.35. The van der Waals surface area contributed by atoms with Gasteiger partial charge in [-0.15, -0.1) is 11.3 Å². The number of anilines is 1. The lowest BCUT2D eigenvalue weighted by molar-refractivity contribution is 0.0527. The van der Waals surface area contributed by atoms with Crippen molar-refractivity contribution in [2.24, 2.45) is 0 Å². The number of nitrogens with two attached hydrogens (primary N) is 1. The molecule has 0 aliphatic carbocycles. The molecule has 15 heavy (non-hydrogen) atoms. The van der Waals surface area contributed by atoms with Crippen molar-refractivity contribution in [3.8, 4) is 0 Å². The lowest BCUT2D eigenvalue weighted by Crippen LogP contribution is -2.07. The fourth-order valence-electron chi connectivity index (χ4n) is 1.56. The highest BCUT2D eigenvalue weighted by Gasteiger charge is 2.21. The molecule has 0 radical (unpaired) electrons. The number of carbonyl (C=O) groups is 1. The van der Waals surface area contributed by atoms with Crippen LogP contribution in [0.25, 0.3) is 0 Å². The molecule has 1 aromatic heterocycles. The summed E-state index contributed by atoms with van der Waals surface area (Å²) in [6.07, 6.45) is 0. The Hall–Kier alpha value is -1.03. The molecule has 0 saturated carbocycles. The van der Waals surface area contributed by atoms with E-state index < -0.39 is 0 Å². The Morgan fingerprint density at radius 1 is 1.53 bits per heavy atom.